The van der Waals surface area contributed by atoms with Crippen molar-refractivity contribution in [2.75, 3.05) is 25.1 Å². The molecule has 0 amide bonds. The zero-order valence-electron chi connectivity index (χ0n) is 12.0. The predicted molar refractivity (Wildman–Crippen MR) is 82.0 cm³/mol. The van der Waals surface area contributed by atoms with Crippen molar-refractivity contribution in [3.05, 3.63) is 40.2 Å². The molecule has 1 fully saturated rings. The van der Waals surface area contributed by atoms with E-state index >= 15 is 0 Å². The van der Waals surface area contributed by atoms with Crippen molar-refractivity contribution in [2.45, 2.75) is 19.3 Å². The summed E-state index contributed by atoms with van der Waals surface area (Å²) < 4.78 is 4.64. The van der Waals surface area contributed by atoms with E-state index in [9.17, 15) is 9.59 Å². The van der Waals surface area contributed by atoms with E-state index in [0.29, 0.717) is 5.39 Å². The van der Waals surface area contributed by atoms with Gasteiger partial charge in [-0.3, -0.25) is 4.79 Å². The molecule has 1 N–H and O–H groups in total. The number of methoxy groups -OCH3 is 1. The molecule has 1 aliphatic rings. The van der Waals surface area contributed by atoms with Gasteiger partial charge in [-0.15, -0.1) is 0 Å². The zero-order chi connectivity index (χ0) is 14.8. The number of nitrogens with one attached hydrogen (secondary N) is 1. The van der Waals surface area contributed by atoms with Crippen LogP contribution in [0, 0.1) is 0 Å². The number of aromatic amines is 1. The molecule has 0 aliphatic carbocycles. The van der Waals surface area contributed by atoms with E-state index in [1.165, 1.54) is 32.6 Å². The number of hydrogen-bond acceptors (Lipinski definition) is 4. The second-order valence-corrected chi connectivity index (χ2v) is 5.30. The summed E-state index contributed by atoms with van der Waals surface area (Å²) in [6, 6.07) is 5.77. The van der Waals surface area contributed by atoms with Gasteiger partial charge < -0.3 is 14.6 Å². The molecule has 0 spiro atoms. The highest BCUT2D eigenvalue weighted by molar-refractivity contribution is 5.94. The van der Waals surface area contributed by atoms with Crippen LogP contribution in [0.15, 0.2) is 29.2 Å². The van der Waals surface area contributed by atoms with Crippen molar-refractivity contribution in [3.8, 4) is 0 Å². The Balaban J connectivity index is 2.08. The first-order valence-electron chi connectivity index (χ1n) is 7.19. The summed E-state index contributed by atoms with van der Waals surface area (Å²) in [7, 11) is 1.27. The minimum Gasteiger partial charge on any atom is -0.465 e. The minimum atomic E-state index is -0.610. The van der Waals surface area contributed by atoms with Crippen molar-refractivity contribution in [1.82, 2.24) is 4.98 Å². The molecule has 21 heavy (non-hydrogen) atoms. The second-order valence-electron chi connectivity index (χ2n) is 5.30. The third kappa shape index (κ3) is 2.51. The molecule has 0 bridgehead atoms. The average Bonchev–Trinajstić information content (AvgIpc) is 2.55. The lowest BCUT2D eigenvalue weighted by atomic mass is 10.1. The number of aromatic nitrogens is 1. The molecule has 5 nitrogen and oxygen atoms in total. The molecule has 1 aromatic heterocycles. The number of fused-ring (bicyclic) bond motifs is 1. The Kier molecular flexibility index (Phi) is 3.64. The Bertz CT molecular complexity index is 730. The standard InChI is InChI=1S/C16H18N2O3/c1-21-16(20)13-10-17-14-6-5-11(9-12(14)15(13)19)18-7-3-2-4-8-18/h5-6,9-10H,2-4,7-8H2,1H3,(H,17,19). The Labute approximate surface area is 122 Å². The van der Waals surface area contributed by atoms with Crippen LogP contribution in [0.1, 0.15) is 29.6 Å². The number of carbonyl (C=O) groups excluding carboxylic acids is 1. The summed E-state index contributed by atoms with van der Waals surface area (Å²) in [6.07, 6.45) is 5.03. The maximum Gasteiger partial charge on any atom is 0.343 e. The summed E-state index contributed by atoms with van der Waals surface area (Å²) in [6.45, 7) is 2.03. The van der Waals surface area contributed by atoms with Crippen LogP contribution in [-0.2, 0) is 4.74 Å². The number of piperidine rings is 1. The highest BCUT2D eigenvalue weighted by Gasteiger charge is 2.15. The smallest absolute Gasteiger partial charge is 0.343 e. The summed E-state index contributed by atoms with van der Waals surface area (Å²) in [5, 5.41) is 0.529. The fraction of sp³-hybridized carbons (Fsp3) is 0.375. The number of hydrogen-bond donors (Lipinski definition) is 1. The number of esters is 1. The van der Waals surface area contributed by atoms with Gasteiger partial charge in [0, 0.05) is 35.9 Å². The second kappa shape index (κ2) is 5.60. The molecule has 0 atom stereocenters. The molecule has 0 radical (unpaired) electrons. The number of nitrogens with zero attached hydrogens (tertiary/aromatic N) is 1. The van der Waals surface area contributed by atoms with Crippen molar-refractivity contribution >= 4 is 22.6 Å². The summed E-state index contributed by atoms with van der Waals surface area (Å²) in [4.78, 5) is 29.3. The summed E-state index contributed by atoms with van der Waals surface area (Å²) >= 11 is 0. The molecule has 0 saturated carbocycles. The van der Waals surface area contributed by atoms with Gasteiger partial charge in [0.05, 0.1) is 7.11 Å². The van der Waals surface area contributed by atoms with Crippen LogP contribution < -0.4 is 10.3 Å². The lowest BCUT2D eigenvalue weighted by molar-refractivity contribution is 0.0599. The lowest BCUT2D eigenvalue weighted by Crippen LogP contribution is -2.29. The van der Waals surface area contributed by atoms with Gasteiger partial charge in [-0.2, -0.15) is 0 Å². The van der Waals surface area contributed by atoms with E-state index in [1.54, 1.807) is 0 Å². The number of carbonyl (C=O) groups is 1. The Morgan fingerprint density at radius 2 is 2.00 bits per heavy atom. The van der Waals surface area contributed by atoms with Crippen LogP contribution in [0.3, 0.4) is 0 Å². The van der Waals surface area contributed by atoms with Gasteiger partial charge in [0.25, 0.3) is 0 Å². The fourth-order valence-corrected chi connectivity index (χ4v) is 2.82. The van der Waals surface area contributed by atoms with E-state index in [0.717, 1.165) is 24.3 Å². The van der Waals surface area contributed by atoms with Gasteiger partial charge in [-0.1, -0.05) is 0 Å². The third-order valence-electron chi connectivity index (χ3n) is 3.99. The molecule has 0 unspecified atom stereocenters. The quantitative estimate of drug-likeness (QED) is 0.861. The average molecular weight is 286 g/mol. The number of benzene rings is 1. The van der Waals surface area contributed by atoms with Gasteiger partial charge in [0.15, 0.2) is 0 Å². The Morgan fingerprint density at radius 3 is 2.71 bits per heavy atom. The van der Waals surface area contributed by atoms with E-state index < -0.39 is 5.97 Å². The molecular weight excluding hydrogens is 268 g/mol. The lowest BCUT2D eigenvalue weighted by Gasteiger charge is -2.28. The van der Waals surface area contributed by atoms with Gasteiger partial charge in [-0.25, -0.2) is 4.79 Å². The topological polar surface area (TPSA) is 62.4 Å². The summed E-state index contributed by atoms with van der Waals surface area (Å²) in [5.74, 6) is -0.610. The van der Waals surface area contributed by atoms with Crippen molar-refractivity contribution in [1.29, 1.82) is 0 Å². The van der Waals surface area contributed by atoms with Crippen molar-refractivity contribution in [2.24, 2.45) is 0 Å². The Hall–Kier alpha value is -2.30. The molecule has 1 aromatic carbocycles. The maximum atomic E-state index is 12.4. The van der Waals surface area contributed by atoms with Crippen LogP contribution in [-0.4, -0.2) is 31.2 Å². The van der Waals surface area contributed by atoms with Gasteiger partial charge in [-0.05, 0) is 37.5 Å². The number of anilines is 1. The van der Waals surface area contributed by atoms with Gasteiger partial charge in [0.2, 0.25) is 5.43 Å². The van der Waals surface area contributed by atoms with Crippen molar-refractivity contribution < 1.29 is 9.53 Å². The number of ether oxygens (including phenoxy) is 1. The molecule has 110 valence electrons. The normalized spacial score (nSPS) is 15.2. The summed E-state index contributed by atoms with van der Waals surface area (Å²) in [5.41, 5.74) is 1.53. The highest BCUT2D eigenvalue weighted by Crippen LogP contribution is 2.22. The van der Waals surface area contributed by atoms with Gasteiger partial charge >= 0.3 is 5.97 Å². The third-order valence-corrected chi connectivity index (χ3v) is 3.99. The monoisotopic (exact) mass is 286 g/mol. The van der Waals surface area contributed by atoms with Crippen LogP contribution in [0.25, 0.3) is 10.9 Å². The zero-order valence-corrected chi connectivity index (χ0v) is 12.0. The van der Waals surface area contributed by atoms with Crippen LogP contribution >= 0.6 is 0 Å². The first-order valence-corrected chi connectivity index (χ1v) is 7.19. The molecule has 1 aliphatic heterocycles. The number of H-pyrrole nitrogens is 1. The SMILES string of the molecule is COC(=O)c1c[nH]c2ccc(N3CCCCC3)cc2c1=O. The van der Waals surface area contributed by atoms with Gasteiger partial charge in [0.1, 0.15) is 5.56 Å². The molecule has 2 aromatic rings. The van der Waals surface area contributed by atoms with Crippen LogP contribution in [0.5, 0.6) is 0 Å². The predicted octanol–water partition coefficient (Wildman–Crippen LogP) is 2.30. The fourth-order valence-electron chi connectivity index (χ4n) is 2.82. The number of rotatable bonds is 2. The van der Waals surface area contributed by atoms with Crippen LogP contribution in [0.4, 0.5) is 5.69 Å². The minimum absolute atomic E-state index is 0.0424. The van der Waals surface area contributed by atoms with E-state index in [-0.39, 0.29) is 11.0 Å². The first-order chi connectivity index (χ1) is 10.2. The molecule has 1 saturated heterocycles. The molecule has 5 heteroatoms. The molecular formula is C16H18N2O3. The molecule has 2 heterocycles. The highest BCUT2D eigenvalue weighted by atomic mass is 16.5. The van der Waals surface area contributed by atoms with E-state index in [2.05, 4.69) is 14.6 Å². The maximum absolute atomic E-state index is 12.4. The first kappa shape index (κ1) is 13.7. The Morgan fingerprint density at radius 1 is 1.24 bits per heavy atom. The molecule has 3 rings (SSSR count). The van der Waals surface area contributed by atoms with E-state index in [1.807, 2.05) is 18.2 Å². The van der Waals surface area contributed by atoms with E-state index in [4.69, 9.17) is 0 Å². The number of pyridine rings is 1. The van der Waals surface area contributed by atoms with Crippen LogP contribution in [0.2, 0.25) is 0 Å². The van der Waals surface area contributed by atoms with Crippen molar-refractivity contribution in [3.63, 3.8) is 0 Å². The largest absolute Gasteiger partial charge is 0.465 e.